The molecule has 1 atom stereocenters. The first kappa shape index (κ1) is 23.0. The van der Waals surface area contributed by atoms with E-state index in [1.165, 1.54) is 5.57 Å². The molecule has 0 spiro atoms. The van der Waals surface area contributed by atoms with Crippen molar-refractivity contribution in [3.63, 3.8) is 0 Å². The Balaban J connectivity index is 2.00. The molecule has 3 heteroatoms. The lowest BCUT2D eigenvalue weighted by Crippen LogP contribution is -2.32. The number of carbonyl (C=O) groups excluding carboxylic acids is 1. The van der Waals surface area contributed by atoms with Gasteiger partial charge in [-0.05, 0) is 45.4 Å². The minimum atomic E-state index is -0.568. The van der Waals surface area contributed by atoms with E-state index in [0.717, 1.165) is 36.1 Å². The van der Waals surface area contributed by atoms with E-state index < -0.39 is 11.6 Å². The molecule has 0 unspecified atom stereocenters. The van der Waals surface area contributed by atoms with E-state index in [0.29, 0.717) is 11.8 Å². The van der Waals surface area contributed by atoms with E-state index in [1.54, 1.807) is 0 Å². The molecule has 3 rings (SSSR count). The van der Waals surface area contributed by atoms with Crippen LogP contribution in [0.5, 0.6) is 0 Å². The Morgan fingerprint density at radius 1 is 1.00 bits per heavy atom. The normalized spacial score (nSPS) is 16.7. The van der Waals surface area contributed by atoms with Crippen molar-refractivity contribution in [2.45, 2.75) is 71.9 Å². The highest BCUT2D eigenvalue weighted by Gasteiger charge is 2.29. The Kier molecular flexibility index (Phi) is 7.15. The van der Waals surface area contributed by atoms with E-state index in [9.17, 15) is 4.79 Å². The van der Waals surface area contributed by atoms with Gasteiger partial charge in [0.05, 0.1) is 5.71 Å². The average Bonchev–Trinajstić information content (AvgIpc) is 2.72. The predicted octanol–water partition coefficient (Wildman–Crippen LogP) is 6.76. The van der Waals surface area contributed by atoms with Crippen molar-refractivity contribution in [3.05, 3.63) is 83.4 Å². The van der Waals surface area contributed by atoms with Crippen LogP contribution in [0.4, 0.5) is 0 Å². The van der Waals surface area contributed by atoms with Crippen LogP contribution in [0.15, 0.2) is 77.3 Å². The lowest BCUT2D eigenvalue weighted by atomic mass is 9.77. The third-order valence-corrected chi connectivity index (χ3v) is 5.58. The van der Waals surface area contributed by atoms with Gasteiger partial charge in [-0.3, -0.25) is 4.99 Å². The van der Waals surface area contributed by atoms with Gasteiger partial charge in [-0.25, -0.2) is 4.79 Å². The quantitative estimate of drug-likeness (QED) is 0.296. The van der Waals surface area contributed by atoms with Crippen LogP contribution in [-0.4, -0.2) is 23.3 Å². The second-order valence-corrected chi connectivity index (χ2v) is 10.2. The molecule has 0 heterocycles. The summed E-state index contributed by atoms with van der Waals surface area (Å²) in [5.74, 6) is -0.261. The topological polar surface area (TPSA) is 38.7 Å². The van der Waals surface area contributed by atoms with Crippen LogP contribution in [-0.2, 0) is 9.53 Å². The van der Waals surface area contributed by atoms with Crippen molar-refractivity contribution in [2.75, 3.05) is 0 Å². The maximum atomic E-state index is 13.2. The van der Waals surface area contributed by atoms with Gasteiger partial charge in [0.1, 0.15) is 5.60 Å². The van der Waals surface area contributed by atoms with Gasteiger partial charge in [0.2, 0.25) is 0 Å². The second kappa shape index (κ2) is 9.64. The highest BCUT2D eigenvalue weighted by molar-refractivity contribution is 6.13. The maximum Gasteiger partial charge on any atom is 0.331 e. The fourth-order valence-corrected chi connectivity index (χ4v) is 3.77. The van der Waals surface area contributed by atoms with E-state index >= 15 is 0 Å². The lowest BCUT2D eigenvalue weighted by molar-refractivity contribution is -0.156. The third-order valence-electron chi connectivity index (χ3n) is 5.58. The number of ether oxygens (including phenoxy) is 1. The SMILES string of the molecule is CC1(C)CC=C(C[C@H](N=C(c2ccccc2)c2ccccc2)C(=O)OC(C)(C)C)CC1. The third kappa shape index (κ3) is 6.92. The molecule has 31 heavy (non-hydrogen) atoms. The number of allylic oxidation sites excluding steroid dienone is 1. The molecule has 0 N–H and O–H groups in total. The number of carbonyl (C=O) groups is 1. The fourth-order valence-electron chi connectivity index (χ4n) is 3.77. The van der Waals surface area contributed by atoms with E-state index in [-0.39, 0.29) is 5.97 Å². The predicted molar refractivity (Wildman–Crippen MR) is 128 cm³/mol. The van der Waals surface area contributed by atoms with Gasteiger partial charge in [0.25, 0.3) is 0 Å². The Hall–Kier alpha value is -2.68. The zero-order valence-electron chi connectivity index (χ0n) is 19.5. The molecule has 1 aliphatic carbocycles. The summed E-state index contributed by atoms with van der Waals surface area (Å²) in [5, 5.41) is 0. The first-order chi connectivity index (χ1) is 14.6. The molecule has 0 aliphatic heterocycles. The van der Waals surface area contributed by atoms with Gasteiger partial charge < -0.3 is 4.74 Å². The van der Waals surface area contributed by atoms with Crippen molar-refractivity contribution in [3.8, 4) is 0 Å². The number of hydrogen-bond acceptors (Lipinski definition) is 3. The number of benzene rings is 2. The Morgan fingerprint density at radius 2 is 1.55 bits per heavy atom. The molecule has 0 bridgehead atoms. The molecule has 0 fully saturated rings. The zero-order valence-corrected chi connectivity index (χ0v) is 19.5. The van der Waals surface area contributed by atoms with Gasteiger partial charge in [-0.1, -0.05) is 86.2 Å². The van der Waals surface area contributed by atoms with E-state index in [4.69, 9.17) is 9.73 Å². The van der Waals surface area contributed by atoms with Crippen LogP contribution >= 0.6 is 0 Å². The van der Waals surface area contributed by atoms with Gasteiger partial charge in [-0.15, -0.1) is 0 Å². The fraction of sp³-hybridized carbons (Fsp3) is 0.429. The Morgan fingerprint density at radius 3 is 2.00 bits per heavy atom. The number of nitrogens with zero attached hydrogens (tertiary/aromatic N) is 1. The summed E-state index contributed by atoms with van der Waals surface area (Å²) in [5.41, 5.74) is 3.91. The highest BCUT2D eigenvalue weighted by atomic mass is 16.6. The van der Waals surface area contributed by atoms with Gasteiger partial charge in [-0.2, -0.15) is 0 Å². The molecule has 2 aromatic carbocycles. The number of esters is 1. The molecular formula is C28H35NO2. The number of hydrogen-bond donors (Lipinski definition) is 0. The summed E-state index contributed by atoms with van der Waals surface area (Å²) in [4.78, 5) is 18.2. The summed E-state index contributed by atoms with van der Waals surface area (Å²) in [6, 6.07) is 19.6. The summed E-state index contributed by atoms with van der Waals surface area (Å²) < 4.78 is 5.78. The van der Waals surface area contributed by atoms with Crippen molar-refractivity contribution in [1.82, 2.24) is 0 Å². The average molecular weight is 418 g/mol. The van der Waals surface area contributed by atoms with Crippen LogP contribution in [0.3, 0.4) is 0 Å². The maximum absolute atomic E-state index is 13.2. The first-order valence-corrected chi connectivity index (χ1v) is 11.2. The van der Waals surface area contributed by atoms with Crippen molar-refractivity contribution >= 4 is 11.7 Å². The standard InChI is InChI=1S/C28H35NO2/c1-27(2,3)31-26(30)24(20-21-16-18-28(4,5)19-17-21)29-25(22-12-8-6-9-13-22)23-14-10-7-11-15-23/h6-16,24H,17-20H2,1-5H3/t24-/m0/s1. The van der Waals surface area contributed by atoms with Gasteiger partial charge in [0.15, 0.2) is 6.04 Å². The monoisotopic (exact) mass is 417 g/mol. The second-order valence-electron chi connectivity index (χ2n) is 10.2. The smallest absolute Gasteiger partial charge is 0.331 e. The summed E-state index contributed by atoms with van der Waals surface area (Å²) >= 11 is 0. The van der Waals surface area contributed by atoms with Crippen molar-refractivity contribution in [2.24, 2.45) is 10.4 Å². The molecule has 164 valence electrons. The minimum Gasteiger partial charge on any atom is -0.458 e. The highest BCUT2D eigenvalue weighted by Crippen LogP contribution is 2.36. The molecular weight excluding hydrogens is 382 g/mol. The molecule has 0 saturated heterocycles. The van der Waals surface area contributed by atoms with Crippen LogP contribution < -0.4 is 0 Å². The molecule has 0 amide bonds. The minimum absolute atomic E-state index is 0.261. The Bertz CT molecular complexity index is 892. The molecule has 3 nitrogen and oxygen atoms in total. The summed E-state index contributed by atoms with van der Waals surface area (Å²) in [6.45, 7) is 10.3. The molecule has 2 aromatic rings. The Labute approximate surface area is 187 Å². The van der Waals surface area contributed by atoms with Crippen LogP contribution in [0.2, 0.25) is 0 Å². The summed E-state index contributed by atoms with van der Waals surface area (Å²) in [7, 11) is 0. The lowest BCUT2D eigenvalue weighted by Gasteiger charge is -2.30. The molecule has 1 aliphatic rings. The number of aliphatic imine (C=N–C) groups is 1. The first-order valence-electron chi connectivity index (χ1n) is 11.2. The van der Waals surface area contributed by atoms with Crippen LogP contribution in [0.25, 0.3) is 0 Å². The number of rotatable bonds is 6. The molecule has 0 saturated carbocycles. The van der Waals surface area contributed by atoms with Gasteiger partial charge in [0, 0.05) is 17.5 Å². The zero-order chi connectivity index (χ0) is 22.5. The summed E-state index contributed by atoms with van der Waals surface area (Å²) in [6.07, 6.45) is 6.09. The van der Waals surface area contributed by atoms with Crippen LogP contribution in [0, 0.1) is 5.41 Å². The van der Waals surface area contributed by atoms with E-state index in [2.05, 4.69) is 19.9 Å². The van der Waals surface area contributed by atoms with Crippen LogP contribution in [0.1, 0.15) is 71.4 Å². The van der Waals surface area contributed by atoms with E-state index in [1.807, 2.05) is 81.4 Å². The van der Waals surface area contributed by atoms with Crippen molar-refractivity contribution in [1.29, 1.82) is 0 Å². The molecule has 0 radical (unpaired) electrons. The van der Waals surface area contributed by atoms with Crippen molar-refractivity contribution < 1.29 is 9.53 Å². The largest absolute Gasteiger partial charge is 0.458 e. The molecule has 0 aromatic heterocycles. The van der Waals surface area contributed by atoms with Gasteiger partial charge >= 0.3 is 5.97 Å².